The fourth-order valence-corrected chi connectivity index (χ4v) is 3.45. The molecule has 4 heteroatoms. The van der Waals surface area contributed by atoms with Gasteiger partial charge in [-0.15, -0.1) is 0 Å². The lowest BCUT2D eigenvalue weighted by Crippen LogP contribution is -2.44. The summed E-state index contributed by atoms with van der Waals surface area (Å²) in [5, 5.41) is 0.220. The fourth-order valence-electron chi connectivity index (χ4n) is 2.27. The molecule has 22 heavy (non-hydrogen) atoms. The SMILES string of the molecule is CC(C)(C)[Si](C)(C)O[C@@H]1CC[C@@H](COCc2ccccc2)O1. The summed E-state index contributed by atoms with van der Waals surface area (Å²) in [6.45, 7) is 12.6. The first-order valence-corrected chi connectivity index (χ1v) is 11.1. The third-order valence-corrected chi connectivity index (χ3v) is 9.18. The van der Waals surface area contributed by atoms with Crippen LogP contribution < -0.4 is 0 Å². The Labute approximate surface area is 136 Å². The van der Waals surface area contributed by atoms with E-state index in [1.54, 1.807) is 0 Å². The Morgan fingerprint density at radius 1 is 1.14 bits per heavy atom. The van der Waals surface area contributed by atoms with Gasteiger partial charge in [0.05, 0.1) is 19.3 Å². The van der Waals surface area contributed by atoms with Gasteiger partial charge in [-0.2, -0.15) is 0 Å². The lowest BCUT2D eigenvalue weighted by molar-refractivity contribution is -0.101. The van der Waals surface area contributed by atoms with Crippen molar-refractivity contribution in [3.8, 4) is 0 Å². The Kier molecular flexibility index (Phi) is 5.83. The van der Waals surface area contributed by atoms with E-state index in [0.717, 1.165) is 12.8 Å². The van der Waals surface area contributed by atoms with Gasteiger partial charge in [-0.25, -0.2) is 0 Å². The molecule has 2 atom stereocenters. The smallest absolute Gasteiger partial charge is 0.195 e. The van der Waals surface area contributed by atoms with Gasteiger partial charge in [0.2, 0.25) is 0 Å². The zero-order valence-corrected chi connectivity index (χ0v) is 15.6. The highest BCUT2D eigenvalue weighted by atomic mass is 28.4. The highest BCUT2D eigenvalue weighted by molar-refractivity contribution is 6.74. The second kappa shape index (κ2) is 7.26. The van der Waals surface area contributed by atoms with Gasteiger partial charge in [-0.1, -0.05) is 51.1 Å². The molecule has 0 radical (unpaired) electrons. The predicted octanol–water partition coefficient (Wildman–Crippen LogP) is 4.73. The van der Waals surface area contributed by atoms with Crippen molar-refractivity contribution < 1.29 is 13.9 Å². The summed E-state index contributed by atoms with van der Waals surface area (Å²) in [5.74, 6) is 0. The molecule has 1 aliphatic rings. The van der Waals surface area contributed by atoms with Crippen LogP contribution in [0.2, 0.25) is 18.1 Å². The van der Waals surface area contributed by atoms with Gasteiger partial charge >= 0.3 is 0 Å². The molecule has 3 nitrogen and oxygen atoms in total. The standard InChI is InChI=1S/C18H30O3Si/c1-18(2,3)22(4,5)21-17-12-11-16(20-17)14-19-13-15-9-7-6-8-10-15/h6-10,16-17H,11-14H2,1-5H3/t16-,17+/m0/s1. The minimum atomic E-state index is -1.75. The zero-order valence-electron chi connectivity index (χ0n) is 14.6. The van der Waals surface area contributed by atoms with Gasteiger partial charge in [-0.3, -0.25) is 0 Å². The molecular weight excluding hydrogens is 292 g/mol. The molecule has 0 spiro atoms. The van der Waals surface area contributed by atoms with Gasteiger partial charge in [-0.05, 0) is 36.5 Å². The van der Waals surface area contributed by atoms with Crippen LogP contribution >= 0.6 is 0 Å². The van der Waals surface area contributed by atoms with Crippen LogP contribution in [0.3, 0.4) is 0 Å². The fraction of sp³-hybridized carbons (Fsp3) is 0.667. The van der Waals surface area contributed by atoms with Crippen molar-refractivity contribution in [2.45, 2.75) is 70.7 Å². The maximum Gasteiger partial charge on any atom is 0.195 e. The molecule has 2 rings (SSSR count). The molecule has 1 saturated heterocycles. The maximum absolute atomic E-state index is 6.32. The highest BCUT2D eigenvalue weighted by Gasteiger charge is 2.41. The molecule has 0 aliphatic carbocycles. The summed E-state index contributed by atoms with van der Waals surface area (Å²) in [4.78, 5) is 0. The van der Waals surface area contributed by atoms with E-state index in [1.165, 1.54) is 5.56 Å². The second-order valence-corrected chi connectivity index (χ2v) is 12.4. The number of rotatable bonds is 6. The molecular formula is C18H30O3Si. The first-order valence-electron chi connectivity index (χ1n) is 8.23. The molecule has 1 heterocycles. The Bertz CT molecular complexity index is 453. The normalized spacial score (nSPS) is 23.0. The predicted molar refractivity (Wildman–Crippen MR) is 92.3 cm³/mol. The summed E-state index contributed by atoms with van der Waals surface area (Å²) in [6, 6.07) is 10.3. The van der Waals surface area contributed by atoms with Crippen LogP contribution in [0.25, 0.3) is 0 Å². The van der Waals surface area contributed by atoms with E-state index >= 15 is 0 Å². The van der Waals surface area contributed by atoms with Crippen molar-refractivity contribution >= 4 is 8.32 Å². The van der Waals surface area contributed by atoms with Crippen molar-refractivity contribution in [2.75, 3.05) is 6.61 Å². The lowest BCUT2D eigenvalue weighted by Gasteiger charge is -2.38. The Morgan fingerprint density at radius 2 is 1.82 bits per heavy atom. The summed E-state index contributed by atoms with van der Waals surface area (Å²) in [5.41, 5.74) is 1.20. The van der Waals surface area contributed by atoms with E-state index in [0.29, 0.717) is 13.2 Å². The molecule has 124 valence electrons. The molecule has 0 aromatic heterocycles. The molecule has 1 fully saturated rings. The van der Waals surface area contributed by atoms with E-state index in [2.05, 4.69) is 46.0 Å². The van der Waals surface area contributed by atoms with Crippen LogP contribution in [0.1, 0.15) is 39.2 Å². The Morgan fingerprint density at radius 3 is 2.45 bits per heavy atom. The molecule has 0 unspecified atom stereocenters. The van der Waals surface area contributed by atoms with Crippen LogP contribution in [0, 0.1) is 0 Å². The van der Waals surface area contributed by atoms with E-state index in [1.807, 2.05) is 18.2 Å². The third kappa shape index (κ3) is 4.91. The molecule has 0 amide bonds. The topological polar surface area (TPSA) is 27.7 Å². The maximum atomic E-state index is 6.32. The molecule has 1 aromatic rings. The van der Waals surface area contributed by atoms with Crippen LogP contribution in [-0.2, 0) is 20.5 Å². The molecule has 0 bridgehead atoms. The Hall–Kier alpha value is -0.683. The first kappa shape index (κ1) is 17.7. The van der Waals surface area contributed by atoms with Gasteiger partial charge in [0, 0.05) is 0 Å². The number of hydrogen-bond donors (Lipinski definition) is 0. The molecule has 0 saturated carbocycles. The lowest BCUT2D eigenvalue weighted by atomic mass is 10.2. The minimum Gasteiger partial charge on any atom is -0.392 e. The first-order chi connectivity index (χ1) is 10.3. The number of hydrogen-bond acceptors (Lipinski definition) is 3. The molecule has 0 N–H and O–H groups in total. The Balaban J connectivity index is 1.72. The van der Waals surface area contributed by atoms with E-state index in [9.17, 15) is 0 Å². The quantitative estimate of drug-likeness (QED) is 0.709. The zero-order chi connectivity index (χ0) is 16.2. The van der Waals surface area contributed by atoms with E-state index < -0.39 is 8.32 Å². The summed E-state index contributed by atoms with van der Waals surface area (Å²) in [6.07, 6.45) is 2.12. The summed E-state index contributed by atoms with van der Waals surface area (Å²) in [7, 11) is -1.75. The highest BCUT2D eigenvalue weighted by Crippen LogP contribution is 2.39. The van der Waals surface area contributed by atoms with E-state index in [-0.39, 0.29) is 17.4 Å². The molecule has 1 aromatic carbocycles. The van der Waals surface area contributed by atoms with E-state index in [4.69, 9.17) is 13.9 Å². The second-order valence-electron chi connectivity index (χ2n) is 7.64. The molecule has 1 aliphatic heterocycles. The van der Waals surface area contributed by atoms with Gasteiger partial charge < -0.3 is 13.9 Å². The van der Waals surface area contributed by atoms with Crippen LogP contribution in [-0.4, -0.2) is 27.3 Å². The van der Waals surface area contributed by atoms with Crippen molar-refractivity contribution in [3.63, 3.8) is 0 Å². The van der Waals surface area contributed by atoms with Crippen molar-refractivity contribution in [2.24, 2.45) is 0 Å². The van der Waals surface area contributed by atoms with Crippen molar-refractivity contribution in [1.82, 2.24) is 0 Å². The average Bonchev–Trinajstić information content (AvgIpc) is 2.85. The minimum absolute atomic E-state index is 0.0498. The largest absolute Gasteiger partial charge is 0.392 e. The average molecular weight is 323 g/mol. The van der Waals surface area contributed by atoms with Crippen molar-refractivity contribution in [3.05, 3.63) is 35.9 Å². The van der Waals surface area contributed by atoms with Gasteiger partial charge in [0.1, 0.15) is 6.29 Å². The number of benzene rings is 1. The monoisotopic (exact) mass is 322 g/mol. The van der Waals surface area contributed by atoms with Crippen LogP contribution in [0.15, 0.2) is 30.3 Å². The van der Waals surface area contributed by atoms with Gasteiger partial charge in [0.25, 0.3) is 0 Å². The van der Waals surface area contributed by atoms with Gasteiger partial charge in [0.15, 0.2) is 8.32 Å². The van der Waals surface area contributed by atoms with Crippen LogP contribution in [0.5, 0.6) is 0 Å². The van der Waals surface area contributed by atoms with Crippen LogP contribution in [0.4, 0.5) is 0 Å². The summed E-state index contributed by atoms with van der Waals surface area (Å²) >= 11 is 0. The summed E-state index contributed by atoms with van der Waals surface area (Å²) < 4.78 is 18.1. The third-order valence-electron chi connectivity index (χ3n) is 4.72. The number of ether oxygens (including phenoxy) is 2. The van der Waals surface area contributed by atoms with Crippen molar-refractivity contribution in [1.29, 1.82) is 0 Å².